The number of hydrogen-bond acceptors (Lipinski definition) is 2. The quantitative estimate of drug-likeness (QED) is 0.759. The number of phenolic OH excluding ortho intramolecular Hbond substituents is 1. The van der Waals surface area contributed by atoms with Crippen LogP contribution in [0.2, 0.25) is 0 Å². The molecule has 0 unspecified atom stereocenters. The second-order valence-corrected chi connectivity index (χ2v) is 8.29. The number of aromatic nitrogens is 1. The lowest BCUT2D eigenvalue weighted by atomic mass is 9.63. The SMILES string of the molecule is Oc1cc(-n2cccc2)ccc1C(O)(C1CCCCC1)C1CCCCC1. The Kier molecular flexibility index (Phi) is 5.08. The number of rotatable bonds is 4. The Morgan fingerprint density at radius 3 is 1.85 bits per heavy atom. The fourth-order valence-corrected chi connectivity index (χ4v) is 5.38. The van der Waals surface area contributed by atoms with Crippen molar-refractivity contribution in [3.05, 3.63) is 48.3 Å². The van der Waals surface area contributed by atoms with E-state index < -0.39 is 5.60 Å². The summed E-state index contributed by atoms with van der Waals surface area (Å²) in [4.78, 5) is 0. The van der Waals surface area contributed by atoms with Gasteiger partial charge in [-0.25, -0.2) is 0 Å². The van der Waals surface area contributed by atoms with Crippen LogP contribution in [-0.4, -0.2) is 14.8 Å². The minimum Gasteiger partial charge on any atom is -0.507 e. The molecule has 1 aromatic carbocycles. The van der Waals surface area contributed by atoms with Crippen molar-refractivity contribution < 1.29 is 10.2 Å². The molecule has 0 atom stereocenters. The molecule has 4 rings (SSSR count). The van der Waals surface area contributed by atoms with Crippen molar-refractivity contribution in [3.8, 4) is 11.4 Å². The Morgan fingerprint density at radius 1 is 0.808 bits per heavy atom. The van der Waals surface area contributed by atoms with E-state index in [2.05, 4.69) is 0 Å². The molecule has 0 amide bonds. The van der Waals surface area contributed by atoms with Crippen molar-refractivity contribution in [2.45, 2.75) is 69.8 Å². The van der Waals surface area contributed by atoms with Crippen LogP contribution in [0.25, 0.3) is 5.69 Å². The van der Waals surface area contributed by atoms with Crippen LogP contribution < -0.4 is 0 Å². The largest absolute Gasteiger partial charge is 0.507 e. The van der Waals surface area contributed by atoms with E-state index in [-0.39, 0.29) is 17.6 Å². The van der Waals surface area contributed by atoms with Gasteiger partial charge in [-0.2, -0.15) is 0 Å². The molecule has 0 saturated heterocycles. The summed E-state index contributed by atoms with van der Waals surface area (Å²) in [6.07, 6.45) is 15.6. The summed E-state index contributed by atoms with van der Waals surface area (Å²) >= 11 is 0. The second-order valence-electron chi connectivity index (χ2n) is 8.29. The Morgan fingerprint density at radius 2 is 1.35 bits per heavy atom. The maximum atomic E-state index is 12.1. The Bertz CT molecular complexity index is 692. The van der Waals surface area contributed by atoms with Gasteiger partial charge in [-0.1, -0.05) is 44.6 Å². The van der Waals surface area contributed by atoms with Crippen molar-refractivity contribution in [1.29, 1.82) is 0 Å². The predicted octanol–water partition coefficient (Wildman–Crippen LogP) is 5.53. The first-order chi connectivity index (χ1) is 12.7. The summed E-state index contributed by atoms with van der Waals surface area (Å²) in [5.41, 5.74) is 0.804. The van der Waals surface area contributed by atoms with E-state index in [1.54, 1.807) is 0 Å². The van der Waals surface area contributed by atoms with E-state index in [9.17, 15) is 10.2 Å². The summed E-state index contributed by atoms with van der Waals surface area (Å²) in [5, 5.41) is 23.0. The molecule has 1 aromatic heterocycles. The van der Waals surface area contributed by atoms with Gasteiger partial charge in [-0.3, -0.25) is 0 Å². The molecule has 140 valence electrons. The van der Waals surface area contributed by atoms with Crippen LogP contribution >= 0.6 is 0 Å². The number of hydrogen-bond donors (Lipinski definition) is 2. The van der Waals surface area contributed by atoms with Gasteiger partial charge < -0.3 is 14.8 Å². The van der Waals surface area contributed by atoms with Gasteiger partial charge in [-0.05, 0) is 55.7 Å². The van der Waals surface area contributed by atoms with Crippen LogP contribution in [0.3, 0.4) is 0 Å². The lowest BCUT2D eigenvalue weighted by Crippen LogP contribution is -2.44. The van der Waals surface area contributed by atoms with E-state index in [1.807, 2.05) is 47.3 Å². The molecule has 3 heteroatoms. The average Bonchev–Trinajstić information content (AvgIpc) is 3.23. The van der Waals surface area contributed by atoms with Gasteiger partial charge in [0.25, 0.3) is 0 Å². The van der Waals surface area contributed by atoms with Crippen molar-refractivity contribution in [2.75, 3.05) is 0 Å². The fraction of sp³-hybridized carbons (Fsp3) is 0.565. The third-order valence-electron chi connectivity index (χ3n) is 6.77. The van der Waals surface area contributed by atoms with E-state index in [0.717, 1.165) is 36.9 Å². The topological polar surface area (TPSA) is 45.4 Å². The lowest BCUT2D eigenvalue weighted by molar-refractivity contribution is -0.100. The van der Waals surface area contributed by atoms with Gasteiger partial charge in [-0.15, -0.1) is 0 Å². The average molecular weight is 354 g/mol. The van der Waals surface area contributed by atoms with Crippen molar-refractivity contribution in [1.82, 2.24) is 4.57 Å². The molecule has 2 aliphatic rings. The van der Waals surface area contributed by atoms with E-state index in [0.29, 0.717) is 0 Å². The first-order valence-electron chi connectivity index (χ1n) is 10.4. The highest BCUT2D eigenvalue weighted by Gasteiger charge is 2.46. The van der Waals surface area contributed by atoms with Gasteiger partial charge in [0, 0.05) is 29.7 Å². The van der Waals surface area contributed by atoms with Crippen LogP contribution in [0, 0.1) is 11.8 Å². The van der Waals surface area contributed by atoms with Crippen LogP contribution in [0.5, 0.6) is 5.75 Å². The second kappa shape index (κ2) is 7.48. The van der Waals surface area contributed by atoms with Crippen molar-refractivity contribution in [3.63, 3.8) is 0 Å². The maximum absolute atomic E-state index is 12.1. The molecular formula is C23H31NO2. The van der Waals surface area contributed by atoms with E-state index in [4.69, 9.17) is 0 Å². The zero-order valence-corrected chi connectivity index (χ0v) is 15.6. The van der Waals surface area contributed by atoms with Crippen molar-refractivity contribution in [2.24, 2.45) is 11.8 Å². The third kappa shape index (κ3) is 3.18. The molecule has 2 aromatic rings. The van der Waals surface area contributed by atoms with Gasteiger partial charge in [0.05, 0.1) is 5.60 Å². The smallest absolute Gasteiger partial charge is 0.123 e. The highest BCUT2D eigenvalue weighted by molar-refractivity contribution is 5.47. The minimum atomic E-state index is -0.889. The van der Waals surface area contributed by atoms with Gasteiger partial charge in [0.2, 0.25) is 0 Å². The third-order valence-corrected chi connectivity index (χ3v) is 6.77. The van der Waals surface area contributed by atoms with Crippen LogP contribution in [0.15, 0.2) is 42.7 Å². The Labute approximate surface area is 156 Å². The minimum absolute atomic E-state index is 0.245. The zero-order chi connectivity index (χ0) is 18.0. The van der Waals surface area contributed by atoms with Crippen molar-refractivity contribution >= 4 is 0 Å². The summed E-state index contributed by atoms with van der Waals surface area (Å²) in [5.74, 6) is 0.778. The van der Waals surface area contributed by atoms with Gasteiger partial charge >= 0.3 is 0 Å². The molecule has 0 aliphatic heterocycles. The molecule has 2 N–H and O–H groups in total. The fourth-order valence-electron chi connectivity index (χ4n) is 5.38. The summed E-state index contributed by atoms with van der Waals surface area (Å²) in [6.45, 7) is 0. The van der Waals surface area contributed by atoms with Crippen LogP contribution in [0.4, 0.5) is 0 Å². The first kappa shape index (κ1) is 17.7. The first-order valence-corrected chi connectivity index (χ1v) is 10.4. The Hall–Kier alpha value is -1.74. The molecule has 2 saturated carbocycles. The highest BCUT2D eigenvalue weighted by Crippen LogP contribution is 2.51. The summed E-state index contributed by atoms with van der Waals surface area (Å²) < 4.78 is 1.99. The van der Waals surface area contributed by atoms with Crippen LogP contribution in [-0.2, 0) is 5.60 Å². The summed E-state index contributed by atoms with van der Waals surface area (Å²) in [6, 6.07) is 9.78. The normalized spacial score (nSPS) is 20.3. The summed E-state index contributed by atoms with van der Waals surface area (Å²) in [7, 11) is 0. The van der Waals surface area contributed by atoms with Gasteiger partial charge in [0.1, 0.15) is 5.75 Å². The number of phenols is 1. The lowest BCUT2D eigenvalue weighted by Gasteiger charge is -2.46. The molecule has 2 aliphatic carbocycles. The molecule has 3 nitrogen and oxygen atoms in total. The number of nitrogens with zero attached hydrogens (tertiary/aromatic N) is 1. The molecule has 1 heterocycles. The van der Waals surface area contributed by atoms with Crippen LogP contribution in [0.1, 0.15) is 69.8 Å². The molecule has 0 spiro atoms. The number of aromatic hydroxyl groups is 1. The highest BCUT2D eigenvalue weighted by atomic mass is 16.3. The monoisotopic (exact) mass is 353 g/mol. The molecule has 26 heavy (non-hydrogen) atoms. The standard InChI is InChI=1S/C23H31NO2/c25-22-17-20(24-15-7-8-16-24)13-14-21(22)23(26,18-9-3-1-4-10-18)19-11-5-2-6-12-19/h7-8,13-19,25-26H,1-6,9-12H2. The number of aliphatic hydroxyl groups is 1. The molecule has 2 fully saturated rings. The number of benzene rings is 1. The molecular weight excluding hydrogens is 322 g/mol. The van der Waals surface area contributed by atoms with E-state index >= 15 is 0 Å². The Balaban J connectivity index is 1.73. The van der Waals surface area contributed by atoms with Gasteiger partial charge in [0.15, 0.2) is 0 Å². The maximum Gasteiger partial charge on any atom is 0.123 e. The molecule has 0 bridgehead atoms. The predicted molar refractivity (Wildman–Crippen MR) is 104 cm³/mol. The van der Waals surface area contributed by atoms with E-state index in [1.165, 1.54) is 38.5 Å². The zero-order valence-electron chi connectivity index (χ0n) is 15.6. The molecule has 0 radical (unpaired) electrons.